The standard InChI is InChI=1S/C12H14F2O2/c1-8-5-4-6-9(7-8)12(13,14)11(2,3)10(15)16/h4-7H,1-3H3,(H,15,16). The number of aliphatic carboxylic acids is 1. The van der Waals surface area contributed by atoms with Crippen LogP contribution in [0.15, 0.2) is 24.3 Å². The fourth-order valence-electron chi connectivity index (χ4n) is 1.34. The highest BCUT2D eigenvalue weighted by atomic mass is 19.3. The molecule has 0 atom stereocenters. The van der Waals surface area contributed by atoms with Crippen LogP contribution in [-0.2, 0) is 10.7 Å². The van der Waals surface area contributed by atoms with Gasteiger partial charge in [0.25, 0.3) is 5.92 Å². The van der Waals surface area contributed by atoms with Crippen molar-refractivity contribution in [2.45, 2.75) is 26.7 Å². The lowest BCUT2D eigenvalue weighted by Gasteiger charge is -2.30. The van der Waals surface area contributed by atoms with Crippen molar-refractivity contribution in [1.29, 1.82) is 0 Å². The van der Waals surface area contributed by atoms with E-state index in [-0.39, 0.29) is 5.56 Å². The van der Waals surface area contributed by atoms with E-state index in [0.29, 0.717) is 5.56 Å². The summed E-state index contributed by atoms with van der Waals surface area (Å²) in [7, 11) is 0. The molecule has 1 N–H and O–H groups in total. The van der Waals surface area contributed by atoms with Crippen LogP contribution in [0.1, 0.15) is 25.0 Å². The molecule has 88 valence electrons. The van der Waals surface area contributed by atoms with Crippen LogP contribution in [-0.4, -0.2) is 11.1 Å². The Labute approximate surface area is 92.9 Å². The summed E-state index contributed by atoms with van der Waals surface area (Å²) < 4.78 is 28.0. The van der Waals surface area contributed by atoms with E-state index in [0.717, 1.165) is 13.8 Å². The molecule has 0 aliphatic rings. The molecule has 0 unspecified atom stereocenters. The van der Waals surface area contributed by atoms with Crippen molar-refractivity contribution < 1.29 is 18.7 Å². The van der Waals surface area contributed by atoms with Crippen molar-refractivity contribution in [3.63, 3.8) is 0 Å². The molecule has 0 saturated carbocycles. The van der Waals surface area contributed by atoms with Crippen molar-refractivity contribution in [3.05, 3.63) is 35.4 Å². The molecule has 1 aromatic rings. The van der Waals surface area contributed by atoms with Gasteiger partial charge in [-0.2, -0.15) is 0 Å². The third-order valence-electron chi connectivity index (χ3n) is 2.70. The maximum absolute atomic E-state index is 14.0. The van der Waals surface area contributed by atoms with Gasteiger partial charge in [-0.3, -0.25) is 4.79 Å². The van der Waals surface area contributed by atoms with E-state index in [1.54, 1.807) is 13.0 Å². The van der Waals surface area contributed by atoms with Crippen LogP contribution >= 0.6 is 0 Å². The van der Waals surface area contributed by atoms with Gasteiger partial charge in [0.05, 0.1) is 0 Å². The maximum atomic E-state index is 14.0. The number of alkyl halides is 2. The molecule has 0 bridgehead atoms. The summed E-state index contributed by atoms with van der Waals surface area (Å²) in [5, 5.41) is 8.83. The number of halogens is 2. The van der Waals surface area contributed by atoms with E-state index < -0.39 is 17.3 Å². The summed E-state index contributed by atoms with van der Waals surface area (Å²) in [6.45, 7) is 3.74. The van der Waals surface area contributed by atoms with Crippen LogP contribution < -0.4 is 0 Å². The lowest BCUT2D eigenvalue weighted by Crippen LogP contribution is -2.40. The summed E-state index contributed by atoms with van der Waals surface area (Å²) in [6, 6.07) is 5.74. The highest BCUT2D eigenvalue weighted by Crippen LogP contribution is 2.45. The van der Waals surface area contributed by atoms with Crippen LogP contribution in [0, 0.1) is 12.3 Å². The number of aryl methyl sites for hydroxylation is 1. The Morgan fingerprint density at radius 1 is 1.31 bits per heavy atom. The van der Waals surface area contributed by atoms with Gasteiger partial charge in [0, 0.05) is 5.56 Å². The molecule has 16 heavy (non-hydrogen) atoms. The van der Waals surface area contributed by atoms with E-state index in [9.17, 15) is 13.6 Å². The predicted molar refractivity (Wildman–Crippen MR) is 56.5 cm³/mol. The second-order valence-corrected chi connectivity index (χ2v) is 4.37. The van der Waals surface area contributed by atoms with Crippen LogP contribution in [0.3, 0.4) is 0 Å². The van der Waals surface area contributed by atoms with Gasteiger partial charge in [-0.1, -0.05) is 29.8 Å². The molecule has 4 heteroatoms. The highest BCUT2D eigenvalue weighted by Gasteiger charge is 2.53. The number of hydrogen-bond acceptors (Lipinski definition) is 1. The smallest absolute Gasteiger partial charge is 0.315 e. The van der Waals surface area contributed by atoms with Gasteiger partial charge in [-0.15, -0.1) is 0 Å². The lowest BCUT2D eigenvalue weighted by molar-refractivity contribution is -0.175. The van der Waals surface area contributed by atoms with Crippen molar-refractivity contribution in [2.75, 3.05) is 0 Å². The van der Waals surface area contributed by atoms with Gasteiger partial charge in [-0.05, 0) is 20.8 Å². The molecule has 0 spiro atoms. The Balaban J connectivity index is 3.26. The molecule has 2 nitrogen and oxygen atoms in total. The Kier molecular flexibility index (Phi) is 3.03. The largest absolute Gasteiger partial charge is 0.481 e. The van der Waals surface area contributed by atoms with Crippen molar-refractivity contribution in [3.8, 4) is 0 Å². The molecule has 0 heterocycles. The highest BCUT2D eigenvalue weighted by molar-refractivity contribution is 5.75. The molecular formula is C12H14F2O2. The van der Waals surface area contributed by atoms with Gasteiger partial charge in [0.1, 0.15) is 5.41 Å². The molecule has 0 aromatic heterocycles. The minimum atomic E-state index is -3.40. The summed E-state index contributed by atoms with van der Waals surface area (Å²) >= 11 is 0. The first kappa shape index (κ1) is 12.6. The molecule has 0 aliphatic carbocycles. The van der Waals surface area contributed by atoms with E-state index in [2.05, 4.69) is 0 Å². The number of carbonyl (C=O) groups is 1. The summed E-state index contributed by atoms with van der Waals surface area (Å²) in [4.78, 5) is 10.8. The van der Waals surface area contributed by atoms with Crippen molar-refractivity contribution >= 4 is 5.97 Å². The minimum absolute atomic E-state index is 0.264. The van der Waals surface area contributed by atoms with Crippen LogP contribution in [0.4, 0.5) is 8.78 Å². The van der Waals surface area contributed by atoms with Crippen molar-refractivity contribution in [1.82, 2.24) is 0 Å². The first-order valence-electron chi connectivity index (χ1n) is 4.88. The molecule has 0 aliphatic heterocycles. The fraction of sp³-hybridized carbons (Fsp3) is 0.417. The van der Waals surface area contributed by atoms with Gasteiger partial charge in [0.15, 0.2) is 0 Å². The lowest BCUT2D eigenvalue weighted by atomic mass is 9.81. The molecular weight excluding hydrogens is 214 g/mol. The Bertz CT molecular complexity index is 411. The second kappa shape index (κ2) is 3.85. The first-order chi connectivity index (χ1) is 7.19. The average molecular weight is 228 g/mol. The van der Waals surface area contributed by atoms with E-state index >= 15 is 0 Å². The molecule has 1 aromatic carbocycles. The third-order valence-corrected chi connectivity index (χ3v) is 2.70. The van der Waals surface area contributed by atoms with Crippen molar-refractivity contribution in [2.24, 2.45) is 5.41 Å². The van der Waals surface area contributed by atoms with Gasteiger partial charge < -0.3 is 5.11 Å². The number of benzene rings is 1. The summed E-state index contributed by atoms with van der Waals surface area (Å²) in [5.74, 6) is -4.91. The van der Waals surface area contributed by atoms with Crippen LogP contribution in [0.2, 0.25) is 0 Å². The Hall–Kier alpha value is -1.45. The molecule has 0 amide bonds. The monoisotopic (exact) mass is 228 g/mol. The minimum Gasteiger partial charge on any atom is -0.481 e. The fourth-order valence-corrected chi connectivity index (χ4v) is 1.34. The number of hydrogen-bond donors (Lipinski definition) is 1. The van der Waals surface area contributed by atoms with Crippen LogP contribution in [0.25, 0.3) is 0 Å². The van der Waals surface area contributed by atoms with Gasteiger partial charge in [0.2, 0.25) is 0 Å². The molecule has 0 radical (unpaired) electrons. The zero-order valence-corrected chi connectivity index (χ0v) is 9.42. The van der Waals surface area contributed by atoms with Gasteiger partial charge in [-0.25, -0.2) is 8.78 Å². The van der Waals surface area contributed by atoms with E-state index in [1.165, 1.54) is 18.2 Å². The third kappa shape index (κ3) is 1.92. The molecule has 0 fully saturated rings. The van der Waals surface area contributed by atoms with E-state index in [4.69, 9.17) is 5.11 Å². The number of carboxylic acid groups (broad SMARTS) is 1. The average Bonchev–Trinajstić information content (AvgIpc) is 2.17. The Morgan fingerprint density at radius 3 is 2.31 bits per heavy atom. The first-order valence-corrected chi connectivity index (χ1v) is 4.88. The summed E-state index contributed by atoms with van der Waals surface area (Å²) in [5.41, 5.74) is -1.71. The summed E-state index contributed by atoms with van der Waals surface area (Å²) in [6.07, 6.45) is 0. The maximum Gasteiger partial charge on any atom is 0.315 e. The second-order valence-electron chi connectivity index (χ2n) is 4.37. The normalized spacial score (nSPS) is 12.6. The quantitative estimate of drug-likeness (QED) is 0.862. The number of rotatable bonds is 3. The number of carboxylic acids is 1. The van der Waals surface area contributed by atoms with Gasteiger partial charge >= 0.3 is 5.97 Å². The van der Waals surface area contributed by atoms with E-state index in [1.807, 2.05) is 0 Å². The zero-order chi connectivity index (χ0) is 12.6. The molecule has 0 saturated heterocycles. The SMILES string of the molecule is Cc1cccc(C(F)(F)C(C)(C)C(=O)O)c1. The Morgan fingerprint density at radius 2 is 1.88 bits per heavy atom. The molecule has 1 rings (SSSR count). The topological polar surface area (TPSA) is 37.3 Å². The zero-order valence-electron chi connectivity index (χ0n) is 9.42. The predicted octanol–water partition coefficient (Wildman–Crippen LogP) is 3.20. The van der Waals surface area contributed by atoms with Crippen LogP contribution in [0.5, 0.6) is 0 Å².